The first-order valence-corrected chi connectivity index (χ1v) is 19.3. The average molecular weight is 764 g/mol. The minimum Gasteiger partial charge on any atom is -0.506 e. The van der Waals surface area contributed by atoms with Crippen LogP contribution < -0.4 is 20.9 Å². The summed E-state index contributed by atoms with van der Waals surface area (Å²) in [6.45, 7) is 6.70. The van der Waals surface area contributed by atoms with E-state index in [0.717, 1.165) is 43.6 Å². The van der Waals surface area contributed by atoms with Crippen molar-refractivity contribution in [3.63, 3.8) is 0 Å². The van der Waals surface area contributed by atoms with E-state index < -0.39 is 18.2 Å². The largest absolute Gasteiger partial charge is 0.506 e. The van der Waals surface area contributed by atoms with Gasteiger partial charge in [0.1, 0.15) is 30.0 Å². The minimum absolute atomic E-state index is 0.0617. The molecule has 5 heterocycles. The van der Waals surface area contributed by atoms with Gasteiger partial charge in [0.05, 0.1) is 17.7 Å². The number of phenolic OH excluding ortho intramolecular Hbond substituents is 1. The number of fused-ring (bicyclic) bond motifs is 4. The fourth-order valence-corrected chi connectivity index (χ4v) is 7.70. The SMILES string of the molecule is CCN(CCCNC[C@H](O)c1ccc(O)c2[nH]c(=O)ccc12)C(=O)c1ccc(COc2cccc([C@@H](NC(=O)O[C@H]3CN4CCC3CC4)c3ccccc3)c2)o1. The maximum absolute atomic E-state index is 13.3. The first-order valence-electron chi connectivity index (χ1n) is 19.3. The van der Waals surface area contributed by atoms with Gasteiger partial charge in [-0.15, -0.1) is 0 Å². The molecule has 5 aromatic rings. The normalized spacial score (nSPS) is 18.6. The molecule has 3 atom stereocenters. The van der Waals surface area contributed by atoms with Gasteiger partial charge >= 0.3 is 6.09 Å². The van der Waals surface area contributed by atoms with Crippen molar-refractivity contribution >= 4 is 22.9 Å². The number of aliphatic hydroxyl groups is 1. The number of amides is 2. The molecule has 0 radical (unpaired) electrons. The van der Waals surface area contributed by atoms with E-state index in [9.17, 15) is 24.6 Å². The average Bonchev–Trinajstić information content (AvgIpc) is 3.71. The number of piperidine rings is 3. The van der Waals surface area contributed by atoms with E-state index in [1.807, 2.05) is 61.5 Å². The molecule has 3 fully saturated rings. The summed E-state index contributed by atoms with van der Waals surface area (Å²) in [6.07, 6.45) is 1.34. The van der Waals surface area contributed by atoms with Crippen LogP contribution in [-0.2, 0) is 11.3 Å². The topological polar surface area (TPSA) is 170 Å². The fourth-order valence-electron chi connectivity index (χ4n) is 7.70. The van der Waals surface area contributed by atoms with E-state index >= 15 is 0 Å². The van der Waals surface area contributed by atoms with Gasteiger partial charge in [-0.05, 0) is 105 Å². The molecule has 3 aliphatic heterocycles. The Bertz CT molecular complexity index is 2160. The lowest BCUT2D eigenvalue weighted by Crippen LogP contribution is -2.52. The van der Waals surface area contributed by atoms with Crippen molar-refractivity contribution in [3.05, 3.63) is 130 Å². The fraction of sp³-hybridized carbons (Fsp3) is 0.372. The zero-order valence-electron chi connectivity index (χ0n) is 31.5. The Morgan fingerprint density at radius 1 is 1.00 bits per heavy atom. The lowest BCUT2D eigenvalue weighted by Gasteiger charge is -2.43. The number of phenols is 1. The number of aromatic hydroxyl groups is 1. The number of hydrogen-bond donors (Lipinski definition) is 5. The number of aromatic nitrogens is 1. The number of nitrogens with zero attached hydrogens (tertiary/aromatic N) is 2. The molecule has 2 amide bonds. The van der Waals surface area contributed by atoms with Gasteiger partial charge in [-0.1, -0.05) is 48.5 Å². The molecule has 0 unspecified atom stereocenters. The number of benzene rings is 3. The molecular formula is C43H49N5O8. The molecule has 0 aliphatic carbocycles. The van der Waals surface area contributed by atoms with Gasteiger partial charge in [0.2, 0.25) is 5.56 Å². The second kappa shape index (κ2) is 17.9. The lowest BCUT2D eigenvalue weighted by molar-refractivity contribution is -0.0336. The van der Waals surface area contributed by atoms with E-state index in [0.29, 0.717) is 54.4 Å². The van der Waals surface area contributed by atoms with Crippen molar-refractivity contribution < 1.29 is 33.7 Å². The van der Waals surface area contributed by atoms with Crippen LogP contribution in [0.15, 0.2) is 100 Å². The maximum Gasteiger partial charge on any atom is 0.408 e. The smallest absolute Gasteiger partial charge is 0.408 e. The van der Waals surface area contributed by atoms with Crippen molar-refractivity contribution in [3.8, 4) is 11.5 Å². The quantitative estimate of drug-likeness (QED) is 0.0811. The van der Waals surface area contributed by atoms with Crippen LogP contribution in [-0.4, -0.2) is 88.9 Å². The molecule has 3 saturated heterocycles. The van der Waals surface area contributed by atoms with Gasteiger partial charge in [0, 0.05) is 37.6 Å². The summed E-state index contributed by atoms with van der Waals surface area (Å²) in [4.78, 5) is 45.0. The van der Waals surface area contributed by atoms with E-state index in [4.69, 9.17) is 13.9 Å². The van der Waals surface area contributed by atoms with Crippen molar-refractivity contribution in [2.45, 2.75) is 51.0 Å². The number of alkyl carbamates (subject to hydrolysis) is 1. The second-order valence-electron chi connectivity index (χ2n) is 14.4. The maximum atomic E-state index is 13.3. The molecule has 0 saturated carbocycles. The molecule has 13 nitrogen and oxygen atoms in total. The molecule has 5 N–H and O–H groups in total. The molecule has 56 heavy (non-hydrogen) atoms. The molecule has 8 rings (SSSR count). The zero-order chi connectivity index (χ0) is 39.0. The predicted octanol–water partition coefficient (Wildman–Crippen LogP) is 5.49. The summed E-state index contributed by atoms with van der Waals surface area (Å²) in [6, 6.07) is 26.3. The van der Waals surface area contributed by atoms with Gasteiger partial charge in [0.25, 0.3) is 5.91 Å². The summed E-state index contributed by atoms with van der Waals surface area (Å²) in [5.41, 5.74) is 2.29. The molecule has 3 aromatic carbocycles. The van der Waals surface area contributed by atoms with Gasteiger partial charge < -0.3 is 44.6 Å². The highest BCUT2D eigenvalue weighted by Crippen LogP contribution is 2.31. The first kappa shape index (κ1) is 38.6. The van der Waals surface area contributed by atoms with Crippen molar-refractivity contribution in [2.75, 3.05) is 45.8 Å². The molecule has 294 valence electrons. The standard InChI is InChI=1S/C43H49N5O8/c1-2-48(21-7-20-44-25-36(50)33-13-15-35(49)41-34(33)14-17-39(51)45-41)42(52)37-16-12-32(55-37)27-54-31-11-6-10-30(24-31)40(29-8-4-3-5-9-29)46-43(53)56-38-26-47-22-18-28(38)19-23-47/h3-6,8-17,24,28,36,38,40,44,49-50H,2,7,18-23,25-27H2,1H3,(H,45,51)(H,46,53)/t36-,38-,40-/m0/s1. The van der Waals surface area contributed by atoms with Crippen LogP contribution in [0.3, 0.4) is 0 Å². The number of H-pyrrole nitrogens is 1. The third-order valence-electron chi connectivity index (χ3n) is 10.7. The van der Waals surface area contributed by atoms with Crippen LogP contribution >= 0.6 is 0 Å². The number of furan rings is 1. The molecule has 13 heteroatoms. The predicted molar refractivity (Wildman–Crippen MR) is 211 cm³/mol. The number of rotatable bonds is 16. The number of nitrogens with one attached hydrogen (secondary N) is 3. The molecule has 2 aromatic heterocycles. The van der Waals surface area contributed by atoms with Crippen LogP contribution in [0.4, 0.5) is 4.79 Å². The Morgan fingerprint density at radius 2 is 1.80 bits per heavy atom. The Morgan fingerprint density at radius 3 is 2.57 bits per heavy atom. The third-order valence-corrected chi connectivity index (χ3v) is 10.7. The van der Waals surface area contributed by atoms with E-state index in [2.05, 4.69) is 20.5 Å². The molecular weight excluding hydrogens is 714 g/mol. The van der Waals surface area contributed by atoms with Crippen LogP contribution in [0.2, 0.25) is 0 Å². The lowest BCUT2D eigenvalue weighted by atomic mass is 9.86. The summed E-state index contributed by atoms with van der Waals surface area (Å²) in [5.74, 6) is 1.41. The Labute approximate surface area is 325 Å². The van der Waals surface area contributed by atoms with E-state index in [1.54, 1.807) is 29.2 Å². The summed E-state index contributed by atoms with van der Waals surface area (Å²) in [7, 11) is 0. The van der Waals surface area contributed by atoms with Crippen LogP contribution in [0.1, 0.15) is 71.3 Å². The van der Waals surface area contributed by atoms with E-state index in [-0.39, 0.29) is 47.7 Å². The number of aliphatic hydroxyl groups excluding tert-OH is 1. The number of ether oxygens (including phenoxy) is 2. The van der Waals surface area contributed by atoms with Crippen molar-refractivity contribution in [1.82, 2.24) is 25.4 Å². The minimum atomic E-state index is -0.871. The number of hydrogen-bond acceptors (Lipinski definition) is 10. The highest BCUT2D eigenvalue weighted by molar-refractivity contribution is 5.91. The summed E-state index contributed by atoms with van der Waals surface area (Å²) < 4.78 is 18.0. The Kier molecular flexibility index (Phi) is 12.3. The number of carbonyl (C=O) groups excluding carboxylic acids is 2. The Hall–Kier alpha value is -5.63. The first-order chi connectivity index (χ1) is 27.2. The number of aromatic amines is 1. The van der Waals surface area contributed by atoms with Crippen LogP contribution in [0, 0.1) is 5.92 Å². The number of carbonyl (C=O) groups is 2. The highest BCUT2D eigenvalue weighted by Gasteiger charge is 2.37. The van der Waals surface area contributed by atoms with Gasteiger partial charge in [-0.2, -0.15) is 0 Å². The zero-order valence-corrected chi connectivity index (χ0v) is 31.5. The second-order valence-corrected chi connectivity index (χ2v) is 14.4. The van der Waals surface area contributed by atoms with Crippen molar-refractivity contribution in [2.24, 2.45) is 5.92 Å². The van der Waals surface area contributed by atoms with Crippen LogP contribution in [0.5, 0.6) is 11.5 Å². The Balaban J connectivity index is 0.901. The van der Waals surface area contributed by atoms with Gasteiger partial charge in [-0.25, -0.2) is 4.79 Å². The molecule has 2 bridgehead atoms. The van der Waals surface area contributed by atoms with Crippen molar-refractivity contribution in [1.29, 1.82) is 0 Å². The number of pyridine rings is 1. The van der Waals surface area contributed by atoms with Gasteiger partial charge in [0.15, 0.2) is 5.76 Å². The van der Waals surface area contributed by atoms with Crippen LogP contribution in [0.25, 0.3) is 10.9 Å². The van der Waals surface area contributed by atoms with Gasteiger partial charge in [-0.3, -0.25) is 14.5 Å². The summed E-state index contributed by atoms with van der Waals surface area (Å²) in [5, 5.41) is 27.9. The molecule has 0 spiro atoms. The third kappa shape index (κ3) is 9.24. The molecule has 3 aliphatic rings. The van der Waals surface area contributed by atoms with E-state index in [1.165, 1.54) is 12.1 Å². The summed E-state index contributed by atoms with van der Waals surface area (Å²) >= 11 is 0. The monoisotopic (exact) mass is 763 g/mol. The highest BCUT2D eigenvalue weighted by atomic mass is 16.6.